The number of nitrogens with zero attached hydrogens (tertiary/aromatic N) is 2. The standard InChI is InChI=1S/C16H22N2O5/c1-16(2,3)23-15(19)17-9-5-7-13(17)11-22-14-8-4-6-12(10-14)18(20)21/h4,6,8,10,13H,5,7,9,11H2,1-3H3/t13-/m1/s1. The van der Waals surface area contributed by atoms with Crippen LogP contribution in [0.1, 0.15) is 33.6 Å². The molecular formula is C16H22N2O5. The van der Waals surface area contributed by atoms with Crippen LogP contribution >= 0.6 is 0 Å². The third kappa shape index (κ3) is 4.84. The Morgan fingerprint density at radius 2 is 2.17 bits per heavy atom. The molecule has 23 heavy (non-hydrogen) atoms. The molecular weight excluding hydrogens is 300 g/mol. The van der Waals surface area contributed by atoms with Crippen LogP contribution in [0.3, 0.4) is 0 Å². The van der Waals surface area contributed by atoms with Crippen LogP contribution < -0.4 is 4.74 Å². The number of rotatable bonds is 4. The summed E-state index contributed by atoms with van der Waals surface area (Å²) in [6.07, 6.45) is 1.37. The number of hydrogen-bond donors (Lipinski definition) is 0. The molecule has 7 heteroatoms. The molecule has 1 amide bonds. The Balaban J connectivity index is 1.95. The summed E-state index contributed by atoms with van der Waals surface area (Å²) in [7, 11) is 0. The molecule has 2 rings (SSSR count). The second-order valence-electron chi connectivity index (χ2n) is 6.54. The molecule has 0 aromatic heterocycles. The van der Waals surface area contributed by atoms with Gasteiger partial charge in [-0.05, 0) is 39.7 Å². The highest BCUT2D eigenvalue weighted by molar-refractivity contribution is 5.69. The summed E-state index contributed by atoms with van der Waals surface area (Å²) in [5.74, 6) is 0.426. The number of amides is 1. The number of carbonyl (C=O) groups is 1. The van der Waals surface area contributed by atoms with Gasteiger partial charge in [0, 0.05) is 12.6 Å². The van der Waals surface area contributed by atoms with Gasteiger partial charge in [-0.1, -0.05) is 6.07 Å². The fourth-order valence-electron chi connectivity index (χ4n) is 2.45. The average molecular weight is 322 g/mol. The summed E-state index contributed by atoms with van der Waals surface area (Å²) in [4.78, 5) is 24.2. The highest BCUT2D eigenvalue weighted by Gasteiger charge is 2.32. The van der Waals surface area contributed by atoms with E-state index in [2.05, 4.69) is 0 Å². The molecule has 0 aliphatic carbocycles. The van der Waals surface area contributed by atoms with Crippen LogP contribution in [-0.2, 0) is 4.74 Å². The van der Waals surface area contributed by atoms with Gasteiger partial charge >= 0.3 is 6.09 Å². The van der Waals surface area contributed by atoms with Crippen molar-refractivity contribution in [1.82, 2.24) is 4.90 Å². The summed E-state index contributed by atoms with van der Waals surface area (Å²) in [6, 6.07) is 5.96. The van der Waals surface area contributed by atoms with E-state index in [4.69, 9.17) is 9.47 Å². The number of likely N-dealkylation sites (tertiary alicyclic amines) is 1. The molecule has 126 valence electrons. The lowest BCUT2D eigenvalue weighted by molar-refractivity contribution is -0.384. The fraction of sp³-hybridized carbons (Fsp3) is 0.562. The number of hydrogen-bond acceptors (Lipinski definition) is 5. The maximum Gasteiger partial charge on any atom is 0.410 e. The SMILES string of the molecule is CC(C)(C)OC(=O)N1CCC[C@@H]1COc1cccc([N+](=O)[O-])c1. The smallest absolute Gasteiger partial charge is 0.410 e. The van der Waals surface area contributed by atoms with Crippen molar-refractivity contribution in [1.29, 1.82) is 0 Å². The summed E-state index contributed by atoms with van der Waals surface area (Å²) in [6.45, 7) is 6.42. The van der Waals surface area contributed by atoms with E-state index < -0.39 is 10.5 Å². The highest BCUT2D eigenvalue weighted by atomic mass is 16.6. The molecule has 1 aromatic rings. The van der Waals surface area contributed by atoms with Gasteiger partial charge in [0.2, 0.25) is 0 Å². The molecule has 1 aromatic carbocycles. The van der Waals surface area contributed by atoms with Crippen molar-refractivity contribution in [2.24, 2.45) is 0 Å². The molecule has 1 heterocycles. The first-order chi connectivity index (χ1) is 10.8. The largest absolute Gasteiger partial charge is 0.491 e. The van der Waals surface area contributed by atoms with Crippen LogP contribution in [0.2, 0.25) is 0 Å². The van der Waals surface area contributed by atoms with Gasteiger partial charge in [0.1, 0.15) is 18.0 Å². The molecule has 0 bridgehead atoms. The molecule has 0 radical (unpaired) electrons. The lowest BCUT2D eigenvalue weighted by atomic mass is 10.2. The molecule has 1 fully saturated rings. The van der Waals surface area contributed by atoms with E-state index in [1.54, 1.807) is 17.0 Å². The van der Waals surface area contributed by atoms with Crippen LogP contribution in [-0.4, -0.2) is 40.7 Å². The first-order valence-corrected chi connectivity index (χ1v) is 7.63. The minimum Gasteiger partial charge on any atom is -0.491 e. The molecule has 1 saturated heterocycles. The Labute approximate surface area is 135 Å². The van der Waals surface area contributed by atoms with Gasteiger partial charge in [-0.2, -0.15) is 0 Å². The molecule has 0 spiro atoms. The molecule has 7 nitrogen and oxygen atoms in total. The summed E-state index contributed by atoms with van der Waals surface area (Å²) in [5, 5.41) is 10.8. The molecule has 0 unspecified atom stereocenters. The number of carbonyl (C=O) groups excluding carboxylic acids is 1. The molecule has 1 aliphatic rings. The van der Waals surface area contributed by atoms with Crippen LogP contribution in [0.4, 0.5) is 10.5 Å². The van der Waals surface area contributed by atoms with E-state index in [1.807, 2.05) is 20.8 Å². The van der Waals surface area contributed by atoms with Crippen molar-refractivity contribution in [3.8, 4) is 5.75 Å². The summed E-state index contributed by atoms with van der Waals surface area (Å²) < 4.78 is 11.0. The molecule has 0 N–H and O–H groups in total. The topological polar surface area (TPSA) is 81.9 Å². The van der Waals surface area contributed by atoms with E-state index in [9.17, 15) is 14.9 Å². The monoisotopic (exact) mass is 322 g/mol. The van der Waals surface area contributed by atoms with Gasteiger partial charge < -0.3 is 14.4 Å². The first-order valence-electron chi connectivity index (χ1n) is 7.63. The zero-order valence-corrected chi connectivity index (χ0v) is 13.7. The quantitative estimate of drug-likeness (QED) is 0.627. The van der Waals surface area contributed by atoms with E-state index in [-0.39, 0.29) is 17.8 Å². The van der Waals surface area contributed by atoms with Gasteiger partial charge in [0.05, 0.1) is 17.0 Å². The Hall–Kier alpha value is -2.31. The van der Waals surface area contributed by atoms with Gasteiger partial charge in [0.15, 0.2) is 0 Å². The minimum atomic E-state index is -0.537. The number of ether oxygens (including phenoxy) is 2. The minimum absolute atomic E-state index is 0.0158. The van der Waals surface area contributed by atoms with Crippen molar-refractivity contribution in [3.63, 3.8) is 0 Å². The van der Waals surface area contributed by atoms with E-state index in [1.165, 1.54) is 12.1 Å². The lowest BCUT2D eigenvalue weighted by Gasteiger charge is -2.28. The Morgan fingerprint density at radius 3 is 2.83 bits per heavy atom. The number of non-ortho nitro benzene ring substituents is 1. The second kappa shape index (κ2) is 6.85. The van der Waals surface area contributed by atoms with Crippen molar-refractivity contribution in [2.75, 3.05) is 13.2 Å². The van der Waals surface area contributed by atoms with Crippen LogP contribution in [0, 0.1) is 10.1 Å². The molecule has 0 saturated carbocycles. The van der Waals surface area contributed by atoms with Crippen LogP contribution in [0.25, 0.3) is 0 Å². The Bertz CT molecular complexity index is 582. The van der Waals surface area contributed by atoms with Gasteiger partial charge in [-0.3, -0.25) is 10.1 Å². The average Bonchev–Trinajstić information content (AvgIpc) is 2.92. The first kappa shape index (κ1) is 17.1. The van der Waals surface area contributed by atoms with E-state index in [0.29, 0.717) is 18.9 Å². The lowest BCUT2D eigenvalue weighted by Crippen LogP contribution is -2.42. The Kier molecular flexibility index (Phi) is 5.08. The van der Waals surface area contributed by atoms with Crippen molar-refractivity contribution < 1.29 is 19.2 Å². The van der Waals surface area contributed by atoms with Crippen LogP contribution in [0.5, 0.6) is 5.75 Å². The van der Waals surface area contributed by atoms with E-state index >= 15 is 0 Å². The zero-order valence-electron chi connectivity index (χ0n) is 13.7. The van der Waals surface area contributed by atoms with Gasteiger partial charge in [-0.25, -0.2) is 4.79 Å². The predicted octanol–water partition coefficient (Wildman–Crippen LogP) is 3.37. The molecule has 1 aliphatic heterocycles. The van der Waals surface area contributed by atoms with Gasteiger partial charge in [-0.15, -0.1) is 0 Å². The number of nitro benzene ring substituents is 1. The summed E-state index contributed by atoms with van der Waals surface area (Å²) in [5.41, 5.74) is -0.552. The molecule has 1 atom stereocenters. The maximum atomic E-state index is 12.2. The number of nitro groups is 1. The predicted molar refractivity (Wildman–Crippen MR) is 84.6 cm³/mol. The zero-order chi connectivity index (χ0) is 17.0. The van der Waals surface area contributed by atoms with Crippen LogP contribution in [0.15, 0.2) is 24.3 Å². The third-order valence-electron chi connectivity index (χ3n) is 3.48. The second-order valence-corrected chi connectivity index (χ2v) is 6.54. The normalized spacial score (nSPS) is 17.9. The number of benzene rings is 1. The van der Waals surface area contributed by atoms with Crippen molar-refractivity contribution in [3.05, 3.63) is 34.4 Å². The van der Waals surface area contributed by atoms with Gasteiger partial charge in [0.25, 0.3) is 5.69 Å². The Morgan fingerprint density at radius 1 is 1.43 bits per heavy atom. The maximum absolute atomic E-state index is 12.2. The third-order valence-corrected chi connectivity index (χ3v) is 3.48. The van der Waals surface area contributed by atoms with Crippen molar-refractivity contribution in [2.45, 2.75) is 45.3 Å². The fourth-order valence-corrected chi connectivity index (χ4v) is 2.45. The summed E-state index contributed by atoms with van der Waals surface area (Å²) >= 11 is 0. The van der Waals surface area contributed by atoms with E-state index in [0.717, 1.165) is 12.8 Å². The highest BCUT2D eigenvalue weighted by Crippen LogP contribution is 2.23. The van der Waals surface area contributed by atoms with Crippen molar-refractivity contribution >= 4 is 11.8 Å².